The van der Waals surface area contributed by atoms with Crippen LogP contribution in [0.3, 0.4) is 0 Å². The van der Waals surface area contributed by atoms with Gasteiger partial charge in [0, 0.05) is 28.9 Å². The fourth-order valence-corrected chi connectivity index (χ4v) is 8.21. The number of rotatable bonds is 7. The number of pyridine rings is 1. The van der Waals surface area contributed by atoms with Gasteiger partial charge in [0.05, 0.1) is 24.5 Å². The molecule has 1 aromatic carbocycles. The number of hydrogen-bond acceptors (Lipinski definition) is 5. The standard InChI is InChI=1S/C25H28N2O3S/c1-31(28,22-7-8-22)24-14-25(24)11-13-29-17-20(25)10-12-30-21-5-3-19(4-6-21)23-9-2-18(15-26)16-27-23/h2-6,9,16,20,22,24H,1,7-8,10-14,17H2/t20?,24?,25-,31?/m1/s1. The van der Waals surface area contributed by atoms with Gasteiger partial charge in [-0.1, -0.05) is 0 Å². The van der Waals surface area contributed by atoms with Crippen molar-refractivity contribution in [2.45, 2.75) is 42.6 Å². The van der Waals surface area contributed by atoms with Crippen molar-refractivity contribution < 1.29 is 13.7 Å². The molecule has 6 heteroatoms. The molecule has 3 aliphatic rings. The van der Waals surface area contributed by atoms with Crippen LogP contribution in [0.1, 0.15) is 37.7 Å². The molecule has 4 atom stereocenters. The SMILES string of the molecule is C=S(=O)(C1CC1)C1C[C@@]12CCOCC2CCOc1ccc(-c2ccc(C#N)cn2)cc1. The van der Waals surface area contributed by atoms with Crippen molar-refractivity contribution in [3.63, 3.8) is 0 Å². The second-order valence-electron chi connectivity index (χ2n) is 9.13. The van der Waals surface area contributed by atoms with Crippen molar-refractivity contribution >= 4 is 15.4 Å². The smallest absolute Gasteiger partial charge is 0.119 e. The Morgan fingerprint density at radius 3 is 2.74 bits per heavy atom. The summed E-state index contributed by atoms with van der Waals surface area (Å²) < 4.78 is 25.0. The molecular formula is C25H28N2O3S. The zero-order valence-corrected chi connectivity index (χ0v) is 18.5. The molecule has 162 valence electrons. The van der Waals surface area contributed by atoms with Crippen LogP contribution in [0.15, 0.2) is 42.6 Å². The van der Waals surface area contributed by atoms with E-state index in [1.165, 1.54) is 0 Å². The highest BCUT2D eigenvalue weighted by atomic mass is 32.2. The lowest BCUT2D eigenvalue weighted by Crippen LogP contribution is -2.35. The van der Waals surface area contributed by atoms with Crippen LogP contribution in [0.25, 0.3) is 11.3 Å². The maximum absolute atomic E-state index is 13.2. The molecule has 0 radical (unpaired) electrons. The van der Waals surface area contributed by atoms with E-state index >= 15 is 0 Å². The summed E-state index contributed by atoms with van der Waals surface area (Å²) in [5.41, 5.74) is 2.54. The molecular weight excluding hydrogens is 408 g/mol. The second-order valence-corrected chi connectivity index (χ2v) is 11.9. The van der Waals surface area contributed by atoms with Crippen LogP contribution in [0.4, 0.5) is 0 Å². The van der Waals surface area contributed by atoms with Crippen LogP contribution < -0.4 is 4.74 Å². The molecule has 1 aliphatic heterocycles. The molecule has 2 saturated carbocycles. The molecule has 3 fully saturated rings. The number of benzene rings is 1. The third kappa shape index (κ3) is 3.97. The Morgan fingerprint density at radius 1 is 1.26 bits per heavy atom. The van der Waals surface area contributed by atoms with E-state index in [2.05, 4.69) is 16.9 Å². The Balaban J connectivity index is 1.18. The molecule has 5 rings (SSSR count). The molecule has 1 aromatic heterocycles. The van der Waals surface area contributed by atoms with Crippen LogP contribution in [0.5, 0.6) is 5.75 Å². The van der Waals surface area contributed by atoms with Gasteiger partial charge in [-0.2, -0.15) is 5.26 Å². The van der Waals surface area contributed by atoms with E-state index in [9.17, 15) is 4.21 Å². The van der Waals surface area contributed by atoms with Gasteiger partial charge in [0.2, 0.25) is 0 Å². The first kappa shape index (κ1) is 20.5. The Kier molecular flexibility index (Phi) is 5.27. The van der Waals surface area contributed by atoms with Crippen molar-refractivity contribution in [1.82, 2.24) is 4.98 Å². The molecule has 2 aliphatic carbocycles. The zero-order chi connectivity index (χ0) is 21.5. The van der Waals surface area contributed by atoms with Gasteiger partial charge in [-0.25, -0.2) is 0 Å². The summed E-state index contributed by atoms with van der Waals surface area (Å²) in [6.07, 6.45) is 6.73. The fraction of sp³-hybridized carbons (Fsp3) is 0.480. The van der Waals surface area contributed by atoms with E-state index < -0.39 is 9.52 Å². The first-order valence-electron chi connectivity index (χ1n) is 11.0. The van der Waals surface area contributed by atoms with Crippen molar-refractivity contribution in [1.29, 1.82) is 5.26 Å². The van der Waals surface area contributed by atoms with E-state index in [-0.39, 0.29) is 10.7 Å². The van der Waals surface area contributed by atoms with Gasteiger partial charge in [0.1, 0.15) is 11.8 Å². The van der Waals surface area contributed by atoms with E-state index in [0.717, 1.165) is 62.3 Å². The van der Waals surface area contributed by atoms with Crippen LogP contribution in [0.2, 0.25) is 0 Å². The Morgan fingerprint density at radius 2 is 2.06 bits per heavy atom. The summed E-state index contributed by atoms with van der Waals surface area (Å²) >= 11 is 0. The van der Waals surface area contributed by atoms with Gasteiger partial charge in [-0.3, -0.25) is 9.19 Å². The topological polar surface area (TPSA) is 72.2 Å². The predicted octanol–water partition coefficient (Wildman–Crippen LogP) is 4.06. The normalized spacial score (nSPS) is 29.1. The summed E-state index contributed by atoms with van der Waals surface area (Å²) in [4.78, 5) is 4.33. The summed E-state index contributed by atoms with van der Waals surface area (Å²) in [5, 5.41) is 9.54. The lowest BCUT2D eigenvalue weighted by molar-refractivity contribution is -0.00195. The van der Waals surface area contributed by atoms with Gasteiger partial charge in [0.15, 0.2) is 0 Å². The van der Waals surface area contributed by atoms with Gasteiger partial charge < -0.3 is 9.47 Å². The predicted molar refractivity (Wildman–Crippen MR) is 123 cm³/mol. The van der Waals surface area contributed by atoms with Gasteiger partial charge in [0.25, 0.3) is 0 Å². The van der Waals surface area contributed by atoms with Crippen LogP contribution >= 0.6 is 0 Å². The highest BCUT2D eigenvalue weighted by Gasteiger charge is 2.64. The first-order chi connectivity index (χ1) is 15.0. The third-order valence-electron chi connectivity index (χ3n) is 7.24. The monoisotopic (exact) mass is 436 g/mol. The third-order valence-corrected chi connectivity index (χ3v) is 10.4. The molecule has 2 heterocycles. The van der Waals surface area contributed by atoms with Crippen molar-refractivity contribution in [3.05, 3.63) is 48.2 Å². The maximum Gasteiger partial charge on any atom is 0.119 e. The molecule has 5 nitrogen and oxygen atoms in total. The minimum absolute atomic E-state index is 0.161. The zero-order valence-electron chi connectivity index (χ0n) is 17.7. The number of aromatic nitrogens is 1. The van der Waals surface area contributed by atoms with Crippen LogP contribution in [-0.4, -0.2) is 45.4 Å². The molecule has 0 N–H and O–H groups in total. The summed E-state index contributed by atoms with van der Waals surface area (Å²) in [5.74, 6) is 5.41. The average molecular weight is 437 g/mol. The molecule has 1 spiro atoms. The second kappa shape index (κ2) is 7.96. The molecule has 31 heavy (non-hydrogen) atoms. The molecule has 0 bridgehead atoms. The molecule has 1 saturated heterocycles. The summed E-state index contributed by atoms with van der Waals surface area (Å²) in [6.45, 7) is 2.14. The molecule has 3 unspecified atom stereocenters. The Hall–Kier alpha value is -2.36. The van der Waals surface area contributed by atoms with Crippen LogP contribution in [0, 0.1) is 22.7 Å². The number of ether oxygens (including phenoxy) is 2. The van der Waals surface area contributed by atoms with Crippen molar-refractivity contribution in [2.75, 3.05) is 19.8 Å². The average Bonchev–Trinajstić information content (AvgIpc) is 3.71. The van der Waals surface area contributed by atoms with E-state index in [4.69, 9.17) is 14.7 Å². The highest BCUT2D eigenvalue weighted by Crippen LogP contribution is 2.62. The quantitative estimate of drug-likeness (QED) is 0.612. The molecule has 2 aromatic rings. The van der Waals surface area contributed by atoms with Gasteiger partial charge in [-0.15, -0.1) is 0 Å². The van der Waals surface area contributed by atoms with Gasteiger partial charge in [-0.05, 0) is 95.2 Å². The minimum atomic E-state index is -1.97. The number of hydrogen-bond donors (Lipinski definition) is 0. The highest BCUT2D eigenvalue weighted by molar-refractivity contribution is 8.02. The fourth-order valence-electron chi connectivity index (χ4n) is 5.12. The first-order valence-corrected chi connectivity index (χ1v) is 12.9. The van der Waals surface area contributed by atoms with Crippen molar-refractivity contribution in [2.24, 2.45) is 11.3 Å². The Bertz CT molecular complexity index is 1090. The van der Waals surface area contributed by atoms with E-state index in [1.807, 2.05) is 30.3 Å². The number of nitrogens with zero attached hydrogens (tertiary/aromatic N) is 2. The van der Waals surface area contributed by atoms with E-state index in [1.54, 1.807) is 12.3 Å². The summed E-state index contributed by atoms with van der Waals surface area (Å²) in [7, 11) is -1.97. The van der Waals surface area contributed by atoms with Crippen molar-refractivity contribution in [3.8, 4) is 23.1 Å². The molecule has 0 amide bonds. The van der Waals surface area contributed by atoms with Gasteiger partial charge >= 0.3 is 0 Å². The van der Waals surface area contributed by atoms with E-state index in [0.29, 0.717) is 23.3 Å². The Labute approximate surface area is 184 Å². The minimum Gasteiger partial charge on any atom is -0.494 e. The maximum atomic E-state index is 13.2. The van der Waals surface area contributed by atoms with Crippen LogP contribution in [-0.2, 0) is 14.3 Å². The summed E-state index contributed by atoms with van der Waals surface area (Å²) in [6, 6.07) is 13.6. The lowest BCUT2D eigenvalue weighted by Gasteiger charge is -2.33. The number of nitriles is 1. The largest absolute Gasteiger partial charge is 0.494 e. The lowest BCUT2D eigenvalue weighted by atomic mass is 9.83.